The van der Waals surface area contributed by atoms with Crippen molar-refractivity contribution >= 4 is 16.7 Å². The van der Waals surface area contributed by atoms with Gasteiger partial charge in [0.2, 0.25) is 0 Å². The van der Waals surface area contributed by atoms with Crippen molar-refractivity contribution in [3.05, 3.63) is 65.9 Å². The molecule has 2 nitrogen and oxygen atoms in total. The maximum atomic E-state index is 12.2. The van der Waals surface area contributed by atoms with Crippen LogP contribution in [-0.4, -0.2) is 10.8 Å². The second kappa shape index (κ2) is 8.06. The molecule has 0 amide bonds. The molecule has 1 heterocycles. The Hall–Kier alpha value is -2.48. The monoisotopic (exact) mass is 331 g/mol. The first kappa shape index (κ1) is 17.3. The SMILES string of the molecule is CCCCCC(=O)Cc1ccc2nc(C)c(-c3ccccc3)cc2c1. The average molecular weight is 331 g/mol. The van der Waals surface area contributed by atoms with Crippen LogP contribution in [0.4, 0.5) is 0 Å². The molecular formula is C23H25NO. The smallest absolute Gasteiger partial charge is 0.137 e. The van der Waals surface area contributed by atoms with E-state index in [4.69, 9.17) is 4.98 Å². The zero-order chi connectivity index (χ0) is 17.6. The van der Waals surface area contributed by atoms with Gasteiger partial charge in [-0.1, -0.05) is 56.2 Å². The molecule has 0 saturated heterocycles. The molecule has 2 aromatic carbocycles. The average Bonchev–Trinajstić information content (AvgIpc) is 2.62. The van der Waals surface area contributed by atoms with Crippen LogP contribution in [-0.2, 0) is 11.2 Å². The standard InChI is InChI=1S/C23H25NO/c1-3-4-6-11-21(25)15-18-12-13-23-20(14-18)16-22(17(2)24-23)19-9-7-5-8-10-19/h5,7-10,12-14,16H,3-4,6,11,15H2,1-2H3. The van der Waals surface area contributed by atoms with E-state index in [0.29, 0.717) is 18.6 Å². The van der Waals surface area contributed by atoms with E-state index in [2.05, 4.69) is 31.2 Å². The number of nitrogens with zero attached hydrogens (tertiary/aromatic N) is 1. The fraction of sp³-hybridized carbons (Fsp3) is 0.304. The van der Waals surface area contributed by atoms with Gasteiger partial charge in [-0.05, 0) is 42.7 Å². The van der Waals surface area contributed by atoms with Gasteiger partial charge in [0.05, 0.1) is 5.52 Å². The van der Waals surface area contributed by atoms with Crippen molar-refractivity contribution in [1.29, 1.82) is 0 Å². The maximum Gasteiger partial charge on any atom is 0.137 e. The first-order valence-corrected chi connectivity index (χ1v) is 9.15. The minimum Gasteiger partial charge on any atom is -0.299 e. The highest BCUT2D eigenvalue weighted by molar-refractivity contribution is 5.87. The molecule has 0 atom stereocenters. The summed E-state index contributed by atoms with van der Waals surface area (Å²) >= 11 is 0. The largest absolute Gasteiger partial charge is 0.299 e. The van der Waals surface area contributed by atoms with Crippen LogP contribution < -0.4 is 0 Å². The van der Waals surface area contributed by atoms with Gasteiger partial charge in [-0.3, -0.25) is 9.78 Å². The number of aryl methyl sites for hydroxylation is 1. The van der Waals surface area contributed by atoms with Crippen molar-refractivity contribution in [2.24, 2.45) is 0 Å². The van der Waals surface area contributed by atoms with Gasteiger partial charge >= 0.3 is 0 Å². The Morgan fingerprint density at radius 2 is 1.80 bits per heavy atom. The van der Waals surface area contributed by atoms with E-state index in [0.717, 1.165) is 47.0 Å². The summed E-state index contributed by atoms with van der Waals surface area (Å²) in [5.41, 5.74) is 5.43. The molecule has 2 heteroatoms. The number of benzene rings is 2. The van der Waals surface area contributed by atoms with Crippen molar-refractivity contribution < 1.29 is 4.79 Å². The minimum atomic E-state index is 0.330. The molecule has 0 spiro atoms. The Morgan fingerprint density at radius 3 is 2.56 bits per heavy atom. The molecule has 0 radical (unpaired) electrons. The van der Waals surface area contributed by atoms with Gasteiger partial charge in [0.15, 0.2) is 0 Å². The number of carbonyl (C=O) groups is 1. The molecule has 25 heavy (non-hydrogen) atoms. The number of fused-ring (bicyclic) bond motifs is 1. The lowest BCUT2D eigenvalue weighted by molar-refractivity contribution is -0.118. The van der Waals surface area contributed by atoms with Crippen LogP contribution in [0.15, 0.2) is 54.6 Å². The summed E-state index contributed by atoms with van der Waals surface area (Å²) in [7, 11) is 0. The molecule has 0 bridgehead atoms. The molecule has 0 unspecified atom stereocenters. The van der Waals surface area contributed by atoms with Crippen LogP contribution in [0.2, 0.25) is 0 Å². The van der Waals surface area contributed by atoms with Crippen LogP contribution in [0, 0.1) is 6.92 Å². The summed E-state index contributed by atoms with van der Waals surface area (Å²) < 4.78 is 0. The first-order chi connectivity index (χ1) is 12.2. The van der Waals surface area contributed by atoms with Gasteiger partial charge in [-0.25, -0.2) is 0 Å². The van der Waals surface area contributed by atoms with Gasteiger partial charge in [-0.2, -0.15) is 0 Å². The normalized spacial score (nSPS) is 11.0. The third-order valence-electron chi connectivity index (χ3n) is 4.61. The second-order valence-corrected chi connectivity index (χ2v) is 6.69. The van der Waals surface area contributed by atoms with E-state index < -0.39 is 0 Å². The molecule has 0 fully saturated rings. The van der Waals surface area contributed by atoms with Crippen LogP contribution in [0.3, 0.4) is 0 Å². The number of aromatic nitrogens is 1. The third-order valence-corrected chi connectivity index (χ3v) is 4.61. The predicted octanol–water partition coefficient (Wildman–Crippen LogP) is 5.90. The summed E-state index contributed by atoms with van der Waals surface area (Å²) in [6.45, 7) is 4.21. The van der Waals surface area contributed by atoms with Crippen molar-refractivity contribution in [2.45, 2.75) is 46.0 Å². The number of hydrogen-bond donors (Lipinski definition) is 0. The highest BCUT2D eigenvalue weighted by atomic mass is 16.1. The van der Waals surface area contributed by atoms with E-state index in [-0.39, 0.29) is 0 Å². The quantitative estimate of drug-likeness (QED) is 0.504. The van der Waals surface area contributed by atoms with E-state index >= 15 is 0 Å². The van der Waals surface area contributed by atoms with Gasteiger partial charge in [-0.15, -0.1) is 0 Å². The van der Waals surface area contributed by atoms with E-state index in [1.807, 2.05) is 37.3 Å². The molecule has 0 aliphatic carbocycles. The number of unbranched alkanes of at least 4 members (excludes halogenated alkanes) is 2. The molecule has 1 aromatic heterocycles. The van der Waals surface area contributed by atoms with Gasteiger partial charge in [0.1, 0.15) is 5.78 Å². The topological polar surface area (TPSA) is 30.0 Å². The lowest BCUT2D eigenvalue weighted by Gasteiger charge is -2.09. The van der Waals surface area contributed by atoms with Gasteiger partial charge in [0, 0.05) is 29.5 Å². The maximum absolute atomic E-state index is 12.2. The number of pyridine rings is 1. The van der Waals surface area contributed by atoms with Crippen molar-refractivity contribution in [2.75, 3.05) is 0 Å². The Bertz CT molecular complexity index is 868. The molecular weight excluding hydrogens is 306 g/mol. The van der Waals surface area contributed by atoms with Crippen molar-refractivity contribution in [1.82, 2.24) is 4.98 Å². The molecule has 0 aliphatic heterocycles. The van der Waals surface area contributed by atoms with Crippen LogP contribution >= 0.6 is 0 Å². The van der Waals surface area contributed by atoms with Crippen LogP contribution in [0.5, 0.6) is 0 Å². The van der Waals surface area contributed by atoms with Crippen molar-refractivity contribution in [3.63, 3.8) is 0 Å². The molecule has 3 aromatic rings. The van der Waals surface area contributed by atoms with Crippen LogP contribution in [0.1, 0.15) is 43.9 Å². The minimum absolute atomic E-state index is 0.330. The molecule has 0 saturated carbocycles. The highest BCUT2D eigenvalue weighted by Crippen LogP contribution is 2.26. The summed E-state index contributed by atoms with van der Waals surface area (Å²) in [5.74, 6) is 0.330. The Morgan fingerprint density at radius 1 is 1.00 bits per heavy atom. The van der Waals surface area contributed by atoms with Crippen LogP contribution in [0.25, 0.3) is 22.0 Å². The number of rotatable bonds is 7. The Balaban J connectivity index is 1.86. The van der Waals surface area contributed by atoms with E-state index in [1.54, 1.807) is 0 Å². The first-order valence-electron chi connectivity index (χ1n) is 9.15. The number of hydrogen-bond acceptors (Lipinski definition) is 2. The lowest BCUT2D eigenvalue weighted by atomic mass is 9.99. The highest BCUT2D eigenvalue weighted by Gasteiger charge is 2.08. The van der Waals surface area contributed by atoms with Gasteiger partial charge < -0.3 is 0 Å². The van der Waals surface area contributed by atoms with Gasteiger partial charge in [0.25, 0.3) is 0 Å². The number of carbonyl (C=O) groups excluding carboxylic acids is 1. The summed E-state index contributed by atoms with van der Waals surface area (Å²) in [6.07, 6.45) is 4.49. The second-order valence-electron chi connectivity index (χ2n) is 6.69. The summed E-state index contributed by atoms with van der Waals surface area (Å²) in [6, 6.07) is 18.7. The number of Topliss-reactive ketones (excluding diaryl/α,β-unsaturated/α-hetero) is 1. The fourth-order valence-corrected chi connectivity index (χ4v) is 3.23. The van der Waals surface area contributed by atoms with Crippen molar-refractivity contribution in [3.8, 4) is 11.1 Å². The third kappa shape index (κ3) is 4.33. The zero-order valence-corrected chi connectivity index (χ0v) is 15.1. The molecule has 3 rings (SSSR count). The Kier molecular flexibility index (Phi) is 5.60. The zero-order valence-electron chi connectivity index (χ0n) is 15.1. The Labute approximate surface area is 149 Å². The molecule has 0 N–H and O–H groups in total. The molecule has 0 aliphatic rings. The van der Waals surface area contributed by atoms with E-state index in [1.165, 1.54) is 5.56 Å². The molecule has 128 valence electrons. The van der Waals surface area contributed by atoms with E-state index in [9.17, 15) is 4.79 Å². The predicted molar refractivity (Wildman–Crippen MR) is 105 cm³/mol. The lowest BCUT2D eigenvalue weighted by Crippen LogP contribution is -2.02. The summed E-state index contributed by atoms with van der Waals surface area (Å²) in [5, 5.41) is 1.10. The summed E-state index contributed by atoms with van der Waals surface area (Å²) in [4.78, 5) is 16.9. The fourth-order valence-electron chi connectivity index (χ4n) is 3.23. The number of ketones is 1.